The number of hydrogen-bond acceptors (Lipinski definition) is 2. The van der Waals surface area contributed by atoms with Crippen LogP contribution in [0.4, 0.5) is 17.6 Å². The molecule has 0 radical (unpaired) electrons. The van der Waals surface area contributed by atoms with Crippen molar-refractivity contribution in [3.8, 4) is 0 Å². The smallest absolute Gasteiger partial charge is 0.312 e. The fourth-order valence-corrected chi connectivity index (χ4v) is 2.68. The molecule has 1 unspecified atom stereocenters. The molecular weight excluding hydrogens is 290 g/mol. The van der Waals surface area contributed by atoms with Gasteiger partial charge in [0, 0.05) is 16.5 Å². The van der Waals surface area contributed by atoms with Gasteiger partial charge in [0.05, 0.1) is 5.56 Å². The van der Waals surface area contributed by atoms with E-state index in [0.29, 0.717) is 11.3 Å². The minimum absolute atomic E-state index is 0.0412. The van der Waals surface area contributed by atoms with Gasteiger partial charge in [0.15, 0.2) is 0 Å². The topological polar surface area (TPSA) is 12.0 Å². The zero-order valence-electron chi connectivity index (χ0n) is 11.9. The zero-order valence-corrected chi connectivity index (χ0v) is 12.8. The van der Waals surface area contributed by atoms with Crippen molar-refractivity contribution in [3.05, 3.63) is 35.1 Å². The Morgan fingerprint density at radius 2 is 1.80 bits per heavy atom. The summed E-state index contributed by atoms with van der Waals surface area (Å²) in [6.45, 7) is 6.16. The van der Waals surface area contributed by atoms with Crippen LogP contribution < -0.4 is 5.32 Å². The molecule has 0 spiro atoms. The van der Waals surface area contributed by atoms with Crippen LogP contribution in [0.15, 0.2) is 18.2 Å². The number of benzene rings is 1. The highest BCUT2D eigenvalue weighted by Gasteiger charge is 2.34. The second kappa shape index (κ2) is 6.35. The Labute approximate surface area is 121 Å². The molecule has 0 saturated carbocycles. The average Bonchev–Trinajstić information content (AvgIpc) is 2.26. The third kappa shape index (κ3) is 4.98. The molecule has 114 valence electrons. The van der Waals surface area contributed by atoms with Gasteiger partial charge in [0.1, 0.15) is 5.82 Å². The Hall–Kier alpha value is -0.750. The van der Waals surface area contributed by atoms with Crippen molar-refractivity contribution in [3.63, 3.8) is 0 Å². The standard InChI is InChI=1S/C14H19F4NS/c1-13(2,3)20-8-12(19-4)9-5-6-10(11(15)7-9)14(16,17)18/h5-7,12,19H,8H2,1-4H3. The van der Waals surface area contributed by atoms with Gasteiger partial charge in [-0.3, -0.25) is 0 Å². The Bertz CT molecular complexity index is 451. The maximum Gasteiger partial charge on any atom is 0.419 e. The van der Waals surface area contributed by atoms with Crippen LogP contribution in [0.5, 0.6) is 0 Å². The fraction of sp³-hybridized carbons (Fsp3) is 0.571. The monoisotopic (exact) mass is 309 g/mol. The fourth-order valence-electron chi connectivity index (χ4n) is 1.66. The van der Waals surface area contributed by atoms with E-state index in [4.69, 9.17) is 0 Å². The third-order valence-electron chi connectivity index (χ3n) is 2.73. The van der Waals surface area contributed by atoms with Gasteiger partial charge < -0.3 is 5.32 Å². The molecule has 0 fully saturated rings. The second-order valence-corrected chi connectivity index (χ2v) is 7.35. The van der Waals surface area contributed by atoms with Gasteiger partial charge in [-0.25, -0.2) is 4.39 Å². The van der Waals surface area contributed by atoms with E-state index in [2.05, 4.69) is 26.1 Å². The van der Waals surface area contributed by atoms with Crippen molar-refractivity contribution in [1.29, 1.82) is 0 Å². The van der Waals surface area contributed by atoms with Crippen molar-refractivity contribution < 1.29 is 17.6 Å². The van der Waals surface area contributed by atoms with Crippen molar-refractivity contribution >= 4 is 11.8 Å². The van der Waals surface area contributed by atoms with Crippen LogP contribution in [0.1, 0.15) is 37.9 Å². The van der Waals surface area contributed by atoms with Gasteiger partial charge in [-0.15, -0.1) is 0 Å². The van der Waals surface area contributed by atoms with Crippen molar-refractivity contribution in [1.82, 2.24) is 5.32 Å². The first-order chi connectivity index (χ1) is 9.04. The molecule has 20 heavy (non-hydrogen) atoms. The van der Waals surface area contributed by atoms with E-state index in [1.165, 1.54) is 6.07 Å². The quantitative estimate of drug-likeness (QED) is 0.813. The van der Waals surface area contributed by atoms with Crippen LogP contribution in [0.25, 0.3) is 0 Å². The van der Waals surface area contributed by atoms with Gasteiger partial charge in [0.2, 0.25) is 0 Å². The molecule has 0 saturated heterocycles. The lowest BCUT2D eigenvalue weighted by Gasteiger charge is -2.23. The summed E-state index contributed by atoms with van der Waals surface area (Å²) >= 11 is 1.67. The minimum Gasteiger partial charge on any atom is -0.312 e. The first-order valence-electron chi connectivity index (χ1n) is 6.22. The van der Waals surface area contributed by atoms with Crippen LogP contribution in [0, 0.1) is 5.82 Å². The van der Waals surface area contributed by atoms with Crippen LogP contribution in [-0.4, -0.2) is 17.5 Å². The predicted octanol–water partition coefficient (Wildman–Crippen LogP) is 4.64. The SMILES string of the molecule is CNC(CSC(C)(C)C)c1ccc(C(F)(F)F)c(F)c1. The van der Waals surface area contributed by atoms with Gasteiger partial charge in [-0.2, -0.15) is 24.9 Å². The molecular formula is C14H19F4NS. The third-order valence-corrected chi connectivity index (χ3v) is 4.10. The predicted molar refractivity (Wildman–Crippen MR) is 75.4 cm³/mol. The molecule has 0 aromatic heterocycles. The number of thioether (sulfide) groups is 1. The number of nitrogens with one attached hydrogen (secondary N) is 1. The molecule has 0 aliphatic rings. The summed E-state index contributed by atoms with van der Waals surface area (Å²) in [7, 11) is 1.71. The molecule has 0 heterocycles. The van der Waals surface area contributed by atoms with Crippen molar-refractivity contribution in [2.24, 2.45) is 0 Å². The lowest BCUT2D eigenvalue weighted by molar-refractivity contribution is -0.140. The van der Waals surface area contributed by atoms with Crippen molar-refractivity contribution in [2.75, 3.05) is 12.8 Å². The Kier molecular flexibility index (Phi) is 5.49. The molecule has 1 nitrogen and oxygen atoms in total. The van der Waals surface area contributed by atoms with Crippen LogP contribution in [0.3, 0.4) is 0 Å². The van der Waals surface area contributed by atoms with Crippen LogP contribution >= 0.6 is 11.8 Å². The molecule has 0 bridgehead atoms. The minimum atomic E-state index is -4.65. The number of halogens is 4. The molecule has 1 rings (SSSR count). The number of rotatable bonds is 4. The average molecular weight is 309 g/mol. The highest BCUT2D eigenvalue weighted by atomic mass is 32.2. The van der Waals surface area contributed by atoms with Crippen LogP contribution in [0.2, 0.25) is 0 Å². The summed E-state index contributed by atoms with van der Waals surface area (Å²) in [4.78, 5) is 0. The second-order valence-electron chi connectivity index (χ2n) is 5.50. The lowest BCUT2D eigenvalue weighted by Crippen LogP contribution is -2.22. The van der Waals surface area contributed by atoms with E-state index in [1.807, 2.05) is 0 Å². The van der Waals surface area contributed by atoms with Gasteiger partial charge >= 0.3 is 6.18 Å². The number of hydrogen-bond donors (Lipinski definition) is 1. The van der Waals surface area contributed by atoms with Crippen LogP contribution in [-0.2, 0) is 6.18 Å². The summed E-state index contributed by atoms with van der Waals surface area (Å²) in [6, 6.07) is 2.91. The Morgan fingerprint density at radius 3 is 2.20 bits per heavy atom. The first-order valence-corrected chi connectivity index (χ1v) is 7.21. The van der Waals surface area contributed by atoms with E-state index in [9.17, 15) is 17.6 Å². The Morgan fingerprint density at radius 1 is 1.20 bits per heavy atom. The highest BCUT2D eigenvalue weighted by molar-refractivity contribution is 8.00. The van der Waals surface area contributed by atoms with E-state index in [1.54, 1.807) is 18.8 Å². The summed E-state index contributed by atoms with van der Waals surface area (Å²) in [6.07, 6.45) is -4.65. The first kappa shape index (κ1) is 17.3. The summed E-state index contributed by atoms with van der Waals surface area (Å²) in [5.74, 6) is -0.568. The molecule has 1 aromatic rings. The lowest BCUT2D eigenvalue weighted by atomic mass is 10.1. The largest absolute Gasteiger partial charge is 0.419 e. The van der Waals surface area contributed by atoms with Gasteiger partial charge in [-0.1, -0.05) is 26.8 Å². The van der Waals surface area contributed by atoms with Gasteiger partial charge in [0.25, 0.3) is 0 Å². The molecule has 1 N–H and O–H groups in total. The summed E-state index contributed by atoms with van der Waals surface area (Å²) < 4.78 is 51.1. The molecule has 1 aromatic carbocycles. The normalized spacial score (nSPS) is 14.4. The highest BCUT2D eigenvalue weighted by Crippen LogP contribution is 2.33. The molecule has 6 heteroatoms. The van der Waals surface area contributed by atoms with E-state index in [0.717, 1.165) is 12.1 Å². The summed E-state index contributed by atoms with van der Waals surface area (Å²) in [5.41, 5.74) is -0.700. The summed E-state index contributed by atoms with van der Waals surface area (Å²) in [5, 5.41) is 3.01. The maximum atomic E-state index is 13.6. The maximum absolute atomic E-state index is 13.6. The molecule has 1 atom stereocenters. The van der Waals surface area contributed by atoms with Crippen molar-refractivity contribution in [2.45, 2.75) is 37.7 Å². The molecule has 0 amide bonds. The van der Waals surface area contributed by atoms with Gasteiger partial charge in [-0.05, 0) is 24.7 Å². The zero-order chi connectivity index (χ0) is 15.6. The van der Waals surface area contributed by atoms with E-state index < -0.39 is 17.6 Å². The molecule has 0 aliphatic heterocycles. The number of alkyl halides is 3. The Balaban J connectivity index is 2.92. The molecule has 0 aliphatic carbocycles. The van der Waals surface area contributed by atoms with E-state index >= 15 is 0 Å². The van der Waals surface area contributed by atoms with E-state index in [-0.39, 0.29) is 10.8 Å².